The lowest BCUT2D eigenvalue weighted by Gasteiger charge is -2.18. The van der Waals surface area contributed by atoms with E-state index >= 15 is 0 Å². The van der Waals surface area contributed by atoms with Gasteiger partial charge < -0.3 is 19.1 Å². The number of pyridine rings is 2. The zero-order valence-corrected chi connectivity index (χ0v) is 25.9. The maximum absolute atomic E-state index is 13.0. The predicted molar refractivity (Wildman–Crippen MR) is 174 cm³/mol. The van der Waals surface area contributed by atoms with Gasteiger partial charge in [-0.2, -0.15) is 0 Å². The molecule has 0 aliphatic heterocycles. The topological polar surface area (TPSA) is 119 Å². The molecule has 4 aromatic heterocycles. The third kappa shape index (κ3) is 5.55. The van der Waals surface area contributed by atoms with Gasteiger partial charge in [-0.3, -0.25) is 4.79 Å². The Morgan fingerprint density at radius 2 is 1.16 bits per heavy atom. The molecule has 0 bridgehead atoms. The van der Waals surface area contributed by atoms with Crippen LogP contribution in [0.4, 0.5) is 0 Å². The number of carboxylic acid groups (broad SMARTS) is 1. The van der Waals surface area contributed by atoms with Crippen molar-refractivity contribution in [2.24, 2.45) is 0 Å². The van der Waals surface area contributed by atoms with E-state index in [-0.39, 0.29) is 11.6 Å². The molecule has 4 heterocycles. The second kappa shape index (κ2) is 12.3. The monoisotopic (exact) mass is 601 g/mol. The van der Waals surface area contributed by atoms with Crippen LogP contribution in [0.5, 0.6) is 0 Å². The van der Waals surface area contributed by atoms with Gasteiger partial charge in [0.25, 0.3) is 5.91 Å². The zero-order chi connectivity index (χ0) is 31.7. The van der Waals surface area contributed by atoms with Crippen molar-refractivity contribution >= 4 is 33.9 Å². The Labute approximate surface area is 261 Å². The zero-order valence-electron chi connectivity index (χ0n) is 25.9. The van der Waals surface area contributed by atoms with E-state index in [1.807, 2.05) is 32.9 Å². The van der Waals surface area contributed by atoms with Crippen LogP contribution in [-0.2, 0) is 19.5 Å². The highest BCUT2D eigenvalue weighted by molar-refractivity contribution is 5.93. The molecular formula is C35H35N7O3. The first-order valence-electron chi connectivity index (χ1n) is 15.3. The van der Waals surface area contributed by atoms with E-state index in [0.717, 1.165) is 39.0 Å². The van der Waals surface area contributed by atoms with Crippen molar-refractivity contribution in [3.8, 4) is 23.0 Å². The average Bonchev–Trinajstić information content (AvgIpc) is 3.62. The Kier molecular flexibility index (Phi) is 8.12. The molecule has 0 aliphatic rings. The van der Waals surface area contributed by atoms with E-state index in [9.17, 15) is 14.7 Å². The van der Waals surface area contributed by atoms with Gasteiger partial charge in [0.1, 0.15) is 22.8 Å². The predicted octanol–water partition coefficient (Wildman–Crippen LogP) is 6.32. The average molecular weight is 602 g/mol. The minimum absolute atomic E-state index is 0.0106. The van der Waals surface area contributed by atoms with E-state index in [1.165, 1.54) is 6.07 Å². The lowest BCUT2D eigenvalue weighted by Crippen LogP contribution is -2.31. The van der Waals surface area contributed by atoms with Gasteiger partial charge in [-0.05, 0) is 93.8 Å². The number of carbonyl (C=O) groups is 2. The van der Waals surface area contributed by atoms with Crippen molar-refractivity contribution in [2.45, 2.75) is 47.2 Å². The van der Waals surface area contributed by atoms with Crippen LogP contribution < -0.4 is 0 Å². The summed E-state index contributed by atoms with van der Waals surface area (Å²) in [5, 5.41) is 9.41. The Morgan fingerprint density at radius 1 is 0.667 bits per heavy atom. The lowest BCUT2D eigenvalue weighted by molar-refractivity contribution is 0.0689. The minimum Gasteiger partial charge on any atom is -0.477 e. The Hall–Kier alpha value is -5.38. The summed E-state index contributed by atoms with van der Waals surface area (Å²) in [6.07, 6.45) is 0.688. The van der Waals surface area contributed by atoms with Crippen molar-refractivity contribution in [2.75, 3.05) is 13.1 Å². The number of aromatic carboxylic acids is 1. The van der Waals surface area contributed by atoms with Crippen LogP contribution in [0.15, 0.2) is 72.8 Å². The van der Waals surface area contributed by atoms with Gasteiger partial charge in [0.2, 0.25) is 0 Å². The molecule has 1 amide bonds. The fourth-order valence-electron chi connectivity index (χ4n) is 5.87. The largest absolute Gasteiger partial charge is 0.477 e. The first-order valence-corrected chi connectivity index (χ1v) is 15.3. The standard InChI is InChI=1S/C35H35N7O3/c1-5-40(6-2)34(43)26-13-9-11-24(36-26)32-38-28-20-22(15-17-30(28)41(32)7-3)19-23-16-18-31-29(21-23)39-33(42(31)8-4)25-12-10-14-27(37-25)35(44)45/h9-18,20-21H,5-8,19H2,1-4H3,(H,44,45). The number of fused-ring (bicyclic) bond motifs is 2. The van der Waals surface area contributed by atoms with Crippen LogP contribution in [0.2, 0.25) is 0 Å². The second-order valence-corrected chi connectivity index (χ2v) is 10.8. The van der Waals surface area contributed by atoms with Gasteiger partial charge in [-0.15, -0.1) is 0 Å². The molecule has 0 spiro atoms. The molecule has 0 atom stereocenters. The van der Waals surface area contributed by atoms with E-state index in [0.29, 0.717) is 55.5 Å². The van der Waals surface area contributed by atoms with Gasteiger partial charge in [0.15, 0.2) is 11.6 Å². The van der Waals surface area contributed by atoms with Gasteiger partial charge in [0.05, 0.1) is 22.1 Å². The summed E-state index contributed by atoms with van der Waals surface area (Å²) in [5.41, 5.74) is 7.49. The minimum atomic E-state index is -1.07. The van der Waals surface area contributed by atoms with Crippen molar-refractivity contribution in [1.29, 1.82) is 0 Å². The van der Waals surface area contributed by atoms with Crippen molar-refractivity contribution in [3.05, 3.63) is 95.3 Å². The second-order valence-electron chi connectivity index (χ2n) is 10.8. The van der Waals surface area contributed by atoms with E-state index in [4.69, 9.17) is 15.0 Å². The number of amides is 1. The van der Waals surface area contributed by atoms with E-state index in [1.54, 1.807) is 23.1 Å². The Morgan fingerprint density at radius 3 is 1.62 bits per heavy atom. The normalized spacial score (nSPS) is 11.4. The number of rotatable bonds is 10. The van der Waals surface area contributed by atoms with Crippen LogP contribution >= 0.6 is 0 Å². The first-order chi connectivity index (χ1) is 21.8. The van der Waals surface area contributed by atoms with E-state index in [2.05, 4.69) is 57.4 Å². The van der Waals surface area contributed by atoms with Gasteiger partial charge >= 0.3 is 5.97 Å². The summed E-state index contributed by atoms with van der Waals surface area (Å²) in [5.74, 6) is 0.226. The lowest BCUT2D eigenvalue weighted by atomic mass is 10.0. The molecule has 228 valence electrons. The third-order valence-electron chi connectivity index (χ3n) is 8.11. The number of aromatic nitrogens is 6. The summed E-state index contributed by atoms with van der Waals surface area (Å²) in [6.45, 7) is 10.7. The van der Waals surface area contributed by atoms with Crippen LogP contribution in [0, 0.1) is 0 Å². The smallest absolute Gasteiger partial charge is 0.354 e. The number of hydrogen-bond donors (Lipinski definition) is 1. The quantitative estimate of drug-likeness (QED) is 0.195. The number of aryl methyl sites for hydroxylation is 2. The third-order valence-corrected chi connectivity index (χ3v) is 8.11. The summed E-state index contributed by atoms with van der Waals surface area (Å²) < 4.78 is 4.18. The molecule has 10 nitrogen and oxygen atoms in total. The summed E-state index contributed by atoms with van der Waals surface area (Å²) >= 11 is 0. The molecule has 0 saturated heterocycles. The Bertz CT molecular complexity index is 2060. The van der Waals surface area contributed by atoms with Crippen LogP contribution in [0.3, 0.4) is 0 Å². The number of imidazole rings is 2. The molecule has 10 heteroatoms. The molecule has 0 radical (unpaired) electrons. The van der Waals surface area contributed by atoms with Gasteiger partial charge in [-0.1, -0.05) is 24.3 Å². The number of benzene rings is 2. The highest BCUT2D eigenvalue weighted by atomic mass is 16.4. The number of nitrogens with zero attached hydrogens (tertiary/aromatic N) is 7. The van der Waals surface area contributed by atoms with Crippen LogP contribution in [-0.4, -0.2) is 64.0 Å². The summed E-state index contributed by atoms with van der Waals surface area (Å²) in [7, 11) is 0. The van der Waals surface area contributed by atoms with E-state index < -0.39 is 5.97 Å². The number of carbonyl (C=O) groups excluding carboxylic acids is 1. The van der Waals surface area contributed by atoms with Crippen molar-refractivity contribution < 1.29 is 14.7 Å². The van der Waals surface area contributed by atoms with Gasteiger partial charge in [0, 0.05) is 26.2 Å². The number of hydrogen-bond acceptors (Lipinski definition) is 6. The molecule has 1 N–H and O–H groups in total. The summed E-state index contributed by atoms with van der Waals surface area (Å²) in [6, 6.07) is 23.0. The fraction of sp³-hybridized carbons (Fsp3) is 0.257. The molecule has 0 saturated carbocycles. The SMILES string of the molecule is CCN(CC)C(=O)c1cccc(-c2nc3cc(Cc4ccc5c(c4)nc(-c4cccc(C(=O)O)n4)n5CC)ccc3n2CC)n1. The molecule has 6 aromatic rings. The maximum atomic E-state index is 13.0. The fourth-order valence-corrected chi connectivity index (χ4v) is 5.87. The molecular weight excluding hydrogens is 566 g/mol. The summed E-state index contributed by atoms with van der Waals surface area (Å²) in [4.78, 5) is 45.1. The highest BCUT2D eigenvalue weighted by Gasteiger charge is 2.19. The maximum Gasteiger partial charge on any atom is 0.354 e. The highest BCUT2D eigenvalue weighted by Crippen LogP contribution is 2.28. The first kappa shape index (κ1) is 29.7. The van der Waals surface area contributed by atoms with Crippen LogP contribution in [0.25, 0.3) is 45.1 Å². The molecule has 45 heavy (non-hydrogen) atoms. The molecule has 0 aliphatic carbocycles. The van der Waals surface area contributed by atoms with Crippen molar-refractivity contribution in [3.63, 3.8) is 0 Å². The van der Waals surface area contributed by atoms with Crippen LogP contribution in [0.1, 0.15) is 59.8 Å². The van der Waals surface area contributed by atoms with Gasteiger partial charge in [-0.25, -0.2) is 24.7 Å². The molecule has 2 aromatic carbocycles. The number of carboxylic acids is 1. The Balaban J connectivity index is 1.32. The molecule has 0 unspecified atom stereocenters. The molecule has 6 rings (SSSR count). The molecule has 0 fully saturated rings. The van der Waals surface area contributed by atoms with Crippen molar-refractivity contribution in [1.82, 2.24) is 34.0 Å².